The van der Waals surface area contributed by atoms with E-state index in [1.807, 2.05) is 12.1 Å². The lowest BCUT2D eigenvalue weighted by Crippen LogP contribution is -2.43. The summed E-state index contributed by atoms with van der Waals surface area (Å²) in [7, 11) is 0. The normalized spacial score (nSPS) is 25.8. The van der Waals surface area contributed by atoms with Crippen molar-refractivity contribution in [1.82, 2.24) is 0 Å². The lowest BCUT2D eigenvalue weighted by molar-refractivity contribution is 0.0847. The van der Waals surface area contributed by atoms with Crippen molar-refractivity contribution in [3.8, 4) is 0 Å². The van der Waals surface area contributed by atoms with Crippen molar-refractivity contribution in [3.05, 3.63) is 47.0 Å². The summed E-state index contributed by atoms with van der Waals surface area (Å²) in [6.45, 7) is 13.3. The average Bonchev–Trinajstić information content (AvgIpc) is 3.43. The highest BCUT2D eigenvalue weighted by Gasteiger charge is 2.77. The molecule has 34 heavy (non-hydrogen) atoms. The Balaban J connectivity index is 1.39. The van der Waals surface area contributed by atoms with Crippen molar-refractivity contribution in [3.63, 3.8) is 0 Å². The second-order valence-corrected chi connectivity index (χ2v) is 11.8. The van der Waals surface area contributed by atoms with Gasteiger partial charge in [-0.3, -0.25) is 9.59 Å². The first-order valence-electron chi connectivity index (χ1n) is 13.6. The average molecular weight is 467 g/mol. The van der Waals surface area contributed by atoms with E-state index in [2.05, 4.69) is 40.7 Å². The van der Waals surface area contributed by atoms with Gasteiger partial charge in [0.05, 0.1) is 0 Å². The van der Waals surface area contributed by atoms with Crippen molar-refractivity contribution >= 4 is 11.6 Å². The second kappa shape index (κ2) is 11.3. The maximum absolute atomic E-state index is 13.2. The van der Waals surface area contributed by atoms with Crippen molar-refractivity contribution in [1.29, 1.82) is 0 Å². The van der Waals surface area contributed by atoms with E-state index >= 15 is 0 Å². The highest BCUT2D eigenvalue weighted by Crippen LogP contribution is 2.57. The number of ketones is 2. The molecule has 3 heteroatoms. The summed E-state index contributed by atoms with van der Waals surface area (Å²) in [5, 5.41) is 0. The Morgan fingerprint density at radius 1 is 0.853 bits per heavy atom. The minimum atomic E-state index is -1.00. The molecule has 1 aromatic carbocycles. The third-order valence-corrected chi connectivity index (χ3v) is 8.20. The number of epoxide rings is 1. The number of allylic oxidation sites excluding steroid dienone is 1. The van der Waals surface area contributed by atoms with Crippen LogP contribution in [0.2, 0.25) is 0 Å². The van der Waals surface area contributed by atoms with E-state index in [1.54, 1.807) is 19.1 Å². The fraction of sp³-hybridized carbons (Fsp3) is 0.677. The van der Waals surface area contributed by atoms with Crippen LogP contribution in [0.15, 0.2) is 35.9 Å². The molecule has 4 atom stereocenters. The number of carbonyl (C=O) groups is 2. The number of rotatable bonds is 14. The van der Waals surface area contributed by atoms with Crippen molar-refractivity contribution < 1.29 is 14.3 Å². The van der Waals surface area contributed by atoms with E-state index in [9.17, 15) is 9.59 Å². The predicted octanol–water partition coefficient (Wildman–Crippen LogP) is 8.37. The summed E-state index contributed by atoms with van der Waals surface area (Å²) >= 11 is 0. The zero-order valence-corrected chi connectivity index (χ0v) is 22.4. The molecule has 1 aliphatic heterocycles. The second-order valence-electron chi connectivity index (χ2n) is 11.8. The maximum Gasteiger partial charge on any atom is 0.199 e. The monoisotopic (exact) mass is 466 g/mol. The van der Waals surface area contributed by atoms with Crippen LogP contribution in [0, 0.1) is 17.8 Å². The first-order chi connectivity index (χ1) is 16.1. The van der Waals surface area contributed by atoms with Gasteiger partial charge in [-0.1, -0.05) is 109 Å². The molecule has 1 fully saturated rings. The van der Waals surface area contributed by atoms with Gasteiger partial charge in [-0.2, -0.15) is 0 Å². The highest BCUT2D eigenvalue weighted by molar-refractivity contribution is 6.25. The Labute approximate surface area is 207 Å². The summed E-state index contributed by atoms with van der Waals surface area (Å²) in [5.41, 5.74) is 0.297. The molecule has 0 aromatic heterocycles. The lowest BCUT2D eigenvalue weighted by Gasteiger charge is -2.22. The number of hydrogen-bond donors (Lipinski definition) is 0. The molecule has 2 unspecified atom stereocenters. The van der Waals surface area contributed by atoms with E-state index < -0.39 is 11.2 Å². The van der Waals surface area contributed by atoms with Crippen molar-refractivity contribution in [2.45, 2.75) is 117 Å². The lowest BCUT2D eigenvalue weighted by atomic mass is 9.73. The smallest absolute Gasteiger partial charge is 0.199 e. The molecular formula is C31H46O3. The molecule has 1 aromatic rings. The molecule has 1 aliphatic carbocycles. The van der Waals surface area contributed by atoms with E-state index in [0.717, 1.165) is 24.2 Å². The Bertz CT molecular complexity index is 898. The van der Waals surface area contributed by atoms with Crippen LogP contribution in [0.4, 0.5) is 0 Å². The fourth-order valence-electron chi connectivity index (χ4n) is 5.63. The minimum Gasteiger partial charge on any atom is -0.345 e. The Morgan fingerprint density at radius 2 is 1.38 bits per heavy atom. The fourth-order valence-corrected chi connectivity index (χ4v) is 5.63. The minimum absolute atomic E-state index is 0.0405. The van der Waals surface area contributed by atoms with Gasteiger partial charge in [0.15, 0.2) is 22.8 Å². The molecule has 0 N–H and O–H groups in total. The molecule has 0 amide bonds. The van der Waals surface area contributed by atoms with E-state index in [-0.39, 0.29) is 11.6 Å². The number of benzene rings is 1. The standard InChI is InChI=1S/C31H46O3/c1-22(2)12-9-13-23(3)14-10-15-24(4)16-11-17-25(5)20-21-31-29(33)27-19-8-7-18-26(27)28(32)30(31,6)34-31/h7-8,18-20,22-24H,9-17,21H2,1-6H3/t23-,24-,30?,31?/m1/s1. The first kappa shape index (κ1) is 26.9. The number of fused-ring (bicyclic) bond motifs is 2. The quantitative estimate of drug-likeness (QED) is 0.204. The molecule has 0 saturated carbocycles. The van der Waals surface area contributed by atoms with Crippen LogP contribution in [0.5, 0.6) is 0 Å². The first-order valence-corrected chi connectivity index (χ1v) is 13.6. The molecule has 1 saturated heterocycles. The van der Waals surface area contributed by atoms with Crippen LogP contribution in [-0.2, 0) is 4.74 Å². The van der Waals surface area contributed by atoms with Crippen LogP contribution in [-0.4, -0.2) is 22.8 Å². The SMILES string of the molecule is CC(=CCC12OC1(C)C(=O)c1ccccc1C2=O)CCC[C@H](C)CCC[C@H](C)CCCC(C)C. The van der Waals surface area contributed by atoms with Gasteiger partial charge < -0.3 is 4.74 Å². The van der Waals surface area contributed by atoms with Crippen LogP contribution >= 0.6 is 0 Å². The predicted molar refractivity (Wildman–Crippen MR) is 140 cm³/mol. The largest absolute Gasteiger partial charge is 0.345 e. The van der Waals surface area contributed by atoms with Crippen LogP contribution in [0.1, 0.15) is 126 Å². The van der Waals surface area contributed by atoms with Gasteiger partial charge in [0, 0.05) is 17.5 Å². The topological polar surface area (TPSA) is 46.7 Å². The van der Waals surface area contributed by atoms with Gasteiger partial charge in [0.25, 0.3) is 0 Å². The number of ether oxygens (including phenoxy) is 1. The zero-order chi connectivity index (χ0) is 24.9. The van der Waals surface area contributed by atoms with Crippen molar-refractivity contribution in [2.75, 3.05) is 0 Å². The van der Waals surface area contributed by atoms with E-state index in [0.29, 0.717) is 17.5 Å². The zero-order valence-electron chi connectivity index (χ0n) is 22.4. The van der Waals surface area contributed by atoms with Gasteiger partial charge in [0.2, 0.25) is 0 Å². The molecule has 0 bridgehead atoms. The molecular weight excluding hydrogens is 420 g/mol. The maximum atomic E-state index is 13.2. The number of Topliss-reactive ketones (excluding diaryl/α,β-unsaturated/α-hetero) is 2. The van der Waals surface area contributed by atoms with E-state index in [4.69, 9.17) is 4.74 Å². The van der Waals surface area contributed by atoms with Gasteiger partial charge in [-0.05, 0) is 44.4 Å². The number of hydrogen-bond acceptors (Lipinski definition) is 3. The summed E-state index contributed by atoms with van der Waals surface area (Å²) in [6.07, 6.45) is 14.2. The van der Waals surface area contributed by atoms with Crippen LogP contribution in [0.25, 0.3) is 0 Å². The molecule has 188 valence electrons. The Kier molecular flexibility index (Phi) is 8.95. The van der Waals surface area contributed by atoms with Crippen molar-refractivity contribution in [2.24, 2.45) is 17.8 Å². The summed E-state index contributed by atoms with van der Waals surface area (Å²) in [4.78, 5) is 26.1. The molecule has 1 heterocycles. The third kappa shape index (κ3) is 5.90. The van der Waals surface area contributed by atoms with E-state index in [1.165, 1.54) is 56.9 Å². The van der Waals surface area contributed by atoms with Gasteiger partial charge in [-0.25, -0.2) is 0 Å². The molecule has 3 nitrogen and oxygen atoms in total. The summed E-state index contributed by atoms with van der Waals surface area (Å²) in [5.74, 6) is 2.34. The Morgan fingerprint density at radius 3 is 1.97 bits per heavy atom. The summed E-state index contributed by atoms with van der Waals surface area (Å²) < 4.78 is 5.91. The van der Waals surface area contributed by atoms with Crippen LogP contribution in [0.3, 0.4) is 0 Å². The Hall–Kier alpha value is -1.74. The third-order valence-electron chi connectivity index (χ3n) is 8.20. The number of carbonyl (C=O) groups excluding carboxylic acids is 2. The molecule has 3 rings (SSSR count). The molecule has 0 spiro atoms. The van der Waals surface area contributed by atoms with Gasteiger partial charge >= 0.3 is 0 Å². The van der Waals surface area contributed by atoms with Gasteiger partial charge in [-0.15, -0.1) is 0 Å². The van der Waals surface area contributed by atoms with Crippen LogP contribution < -0.4 is 0 Å². The highest BCUT2D eigenvalue weighted by atomic mass is 16.6. The van der Waals surface area contributed by atoms with Gasteiger partial charge in [0.1, 0.15) is 0 Å². The summed E-state index contributed by atoms with van der Waals surface area (Å²) in [6, 6.07) is 7.12. The molecule has 2 aliphatic rings. The molecule has 0 radical (unpaired) electrons.